The van der Waals surface area contributed by atoms with Gasteiger partial charge >= 0.3 is 24.1 Å². The summed E-state index contributed by atoms with van der Waals surface area (Å²) in [5, 5.41) is 49.9. The molecule has 8 N–H and O–H groups in total. The molecule has 0 aliphatic carbocycles. The van der Waals surface area contributed by atoms with E-state index in [0.29, 0.717) is 35.1 Å². The molecule has 4 amide bonds. The molecule has 0 radical (unpaired) electrons. The van der Waals surface area contributed by atoms with E-state index in [1.807, 2.05) is 0 Å². The molecule has 314 valence electrons. The van der Waals surface area contributed by atoms with Crippen LogP contribution in [0.4, 0.5) is 9.59 Å². The Balaban J connectivity index is 1.91. The fourth-order valence-corrected chi connectivity index (χ4v) is 4.86. The Morgan fingerprint density at radius 2 is 0.875 bits per heavy atom. The molecule has 0 bridgehead atoms. The van der Waals surface area contributed by atoms with Gasteiger partial charge in [0, 0.05) is 50.2 Å². The number of alkyl carbamates (subject to hydrolysis) is 2. The minimum absolute atomic E-state index is 0.0822. The third-order valence-electron chi connectivity index (χ3n) is 7.43. The molecule has 0 aromatic carbocycles. The number of hydrogen-bond donors (Lipinski definition) is 8. The highest BCUT2D eigenvalue weighted by Gasteiger charge is 2.27. The van der Waals surface area contributed by atoms with Crippen molar-refractivity contribution in [3.05, 3.63) is 24.3 Å². The van der Waals surface area contributed by atoms with Gasteiger partial charge < -0.3 is 60.8 Å². The van der Waals surface area contributed by atoms with Crippen LogP contribution in [-0.4, -0.2) is 102 Å². The third kappa shape index (κ3) is 18.0. The molecule has 2 atom stereocenters. The van der Waals surface area contributed by atoms with Crippen molar-refractivity contribution in [2.24, 2.45) is 0 Å². The monoisotopic (exact) mass is 796 g/mol. The van der Waals surface area contributed by atoms with Gasteiger partial charge in [0.25, 0.3) is 0 Å². The van der Waals surface area contributed by atoms with Crippen LogP contribution in [-0.2, 0) is 28.7 Å². The van der Waals surface area contributed by atoms with E-state index in [-0.39, 0.29) is 51.6 Å². The second-order valence-electron chi connectivity index (χ2n) is 14.8. The second-order valence-corrected chi connectivity index (χ2v) is 14.8. The second kappa shape index (κ2) is 21.9. The lowest BCUT2D eigenvalue weighted by Crippen LogP contribution is -2.45. The van der Waals surface area contributed by atoms with Gasteiger partial charge in [0.15, 0.2) is 0 Å². The van der Waals surface area contributed by atoms with Crippen molar-refractivity contribution < 1.29 is 68.3 Å². The fraction of sp³-hybridized carbons (Fsp3) is 0.611. The molecule has 20 nitrogen and oxygen atoms in total. The normalized spacial score (nSPS) is 12.5. The zero-order valence-electron chi connectivity index (χ0n) is 32.7. The van der Waals surface area contributed by atoms with Crippen LogP contribution < -0.4 is 30.9 Å². The molecular formula is C36H56N6O14. The van der Waals surface area contributed by atoms with Gasteiger partial charge in [-0.25, -0.2) is 19.2 Å². The Labute approximate surface area is 324 Å². The summed E-state index contributed by atoms with van der Waals surface area (Å²) in [7, 11) is 0. The first-order chi connectivity index (χ1) is 26.1. The van der Waals surface area contributed by atoms with Crippen LogP contribution in [0.5, 0.6) is 23.5 Å². The molecule has 56 heavy (non-hydrogen) atoms. The van der Waals surface area contributed by atoms with E-state index in [9.17, 15) is 49.2 Å². The van der Waals surface area contributed by atoms with Crippen molar-refractivity contribution in [2.45, 2.75) is 129 Å². The van der Waals surface area contributed by atoms with Gasteiger partial charge in [0.1, 0.15) is 23.3 Å². The standard InChI is InChI=1S/C36H56N6O14/c1-35(2,3)53-33(51)37-21-11-9-13-23(31(49)55-41-27(45)17-18-28(41)46)39-25(43)15-7-8-16-26(44)40-24(32(50)56-42-29(47)19-20-30(42)48)14-10-12-22-38-34(52)54-36(4,5)6/h17-20,23-24,45-48H,7-16,21-22H2,1-6H3,(H,37,51)(H,38,52)(H,39,43)(H,40,44). The molecule has 0 aliphatic rings. The first kappa shape index (κ1) is 46.3. The van der Waals surface area contributed by atoms with Crippen LogP contribution in [0, 0.1) is 0 Å². The molecule has 2 heterocycles. The van der Waals surface area contributed by atoms with E-state index < -0.39 is 82.7 Å². The third-order valence-corrected chi connectivity index (χ3v) is 7.43. The molecule has 2 unspecified atom stereocenters. The van der Waals surface area contributed by atoms with Gasteiger partial charge in [-0.1, -0.05) is 0 Å². The lowest BCUT2D eigenvalue weighted by atomic mass is 10.1. The van der Waals surface area contributed by atoms with E-state index >= 15 is 0 Å². The van der Waals surface area contributed by atoms with Crippen molar-refractivity contribution in [3.8, 4) is 23.5 Å². The highest BCUT2D eigenvalue weighted by atomic mass is 16.7. The summed E-state index contributed by atoms with van der Waals surface area (Å²) < 4.78 is 11.4. The number of aromatic nitrogens is 2. The molecule has 2 aromatic heterocycles. The minimum Gasteiger partial charge on any atom is -0.492 e. The van der Waals surface area contributed by atoms with Gasteiger partial charge in [-0.3, -0.25) is 9.59 Å². The Hall–Kier alpha value is -5.82. The Bertz CT molecular complexity index is 1470. The van der Waals surface area contributed by atoms with Crippen molar-refractivity contribution in [2.75, 3.05) is 13.1 Å². The van der Waals surface area contributed by atoms with Crippen molar-refractivity contribution in [3.63, 3.8) is 0 Å². The predicted molar refractivity (Wildman–Crippen MR) is 197 cm³/mol. The first-order valence-electron chi connectivity index (χ1n) is 18.3. The number of carbonyl (C=O) groups is 6. The quantitative estimate of drug-likeness (QED) is 0.0844. The molecular weight excluding hydrogens is 740 g/mol. The Kier molecular flexibility index (Phi) is 18.1. The molecule has 2 rings (SSSR count). The number of unbranched alkanes of at least 4 members (excludes halogenated alkanes) is 3. The molecule has 0 saturated carbocycles. The van der Waals surface area contributed by atoms with Crippen LogP contribution in [0.25, 0.3) is 0 Å². The van der Waals surface area contributed by atoms with Gasteiger partial charge in [-0.05, 0) is 92.9 Å². The SMILES string of the molecule is CC(C)(C)OC(=O)NCCCCC(NC(=O)CCCCC(=O)NC(CCCCNC(=O)OC(C)(C)C)C(=O)On1c(O)ccc1O)C(=O)On1c(O)ccc1O. The van der Waals surface area contributed by atoms with Crippen molar-refractivity contribution in [1.82, 2.24) is 30.7 Å². The van der Waals surface area contributed by atoms with Crippen molar-refractivity contribution >= 4 is 35.9 Å². The first-order valence-corrected chi connectivity index (χ1v) is 18.3. The topological polar surface area (TPSA) is 278 Å². The number of nitrogens with zero attached hydrogens (tertiary/aromatic N) is 2. The highest BCUT2D eigenvalue weighted by Crippen LogP contribution is 2.20. The maximum atomic E-state index is 13.0. The number of aromatic hydroxyl groups is 4. The summed E-state index contributed by atoms with van der Waals surface area (Å²) in [6, 6.07) is 2.02. The summed E-state index contributed by atoms with van der Waals surface area (Å²) in [6.07, 6.45) is 0.710. The summed E-state index contributed by atoms with van der Waals surface area (Å²) in [5.74, 6) is -5.24. The predicted octanol–water partition coefficient (Wildman–Crippen LogP) is 2.64. The lowest BCUT2D eigenvalue weighted by molar-refractivity contribution is -0.150. The average molecular weight is 797 g/mol. The van der Waals surface area contributed by atoms with E-state index in [1.54, 1.807) is 41.5 Å². The van der Waals surface area contributed by atoms with Gasteiger partial charge in [0.05, 0.1) is 0 Å². The van der Waals surface area contributed by atoms with Gasteiger partial charge in [0.2, 0.25) is 35.3 Å². The summed E-state index contributed by atoms with van der Waals surface area (Å²) in [6.45, 7) is 10.8. The van der Waals surface area contributed by atoms with Gasteiger partial charge in [-0.2, -0.15) is 0 Å². The number of nitrogens with one attached hydrogen (secondary N) is 4. The molecule has 20 heteroatoms. The number of hydrogen-bond acceptors (Lipinski definition) is 14. The fourth-order valence-electron chi connectivity index (χ4n) is 4.86. The van der Waals surface area contributed by atoms with E-state index in [2.05, 4.69) is 21.3 Å². The van der Waals surface area contributed by atoms with Crippen LogP contribution >= 0.6 is 0 Å². The van der Waals surface area contributed by atoms with Gasteiger partial charge in [-0.15, -0.1) is 9.46 Å². The summed E-state index contributed by atoms with van der Waals surface area (Å²) in [4.78, 5) is 85.7. The maximum Gasteiger partial charge on any atom is 0.407 e. The summed E-state index contributed by atoms with van der Waals surface area (Å²) >= 11 is 0. The lowest BCUT2D eigenvalue weighted by Gasteiger charge is -2.20. The van der Waals surface area contributed by atoms with Crippen LogP contribution in [0.15, 0.2) is 24.3 Å². The zero-order chi connectivity index (χ0) is 42.1. The molecule has 0 spiro atoms. The highest BCUT2D eigenvalue weighted by molar-refractivity contribution is 5.85. The number of ether oxygens (including phenoxy) is 2. The Morgan fingerprint density at radius 3 is 1.18 bits per heavy atom. The van der Waals surface area contributed by atoms with E-state index in [1.165, 1.54) is 0 Å². The van der Waals surface area contributed by atoms with Crippen LogP contribution in [0.3, 0.4) is 0 Å². The number of rotatable bonds is 21. The van der Waals surface area contributed by atoms with Crippen LogP contribution in [0.1, 0.15) is 106 Å². The largest absolute Gasteiger partial charge is 0.492 e. The average Bonchev–Trinajstić information content (AvgIpc) is 3.57. The van der Waals surface area contributed by atoms with E-state index in [0.717, 1.165) is 24.3 Å². The molecule has 0 saturated heterocycles. The zero-order valence-corrected chi connectivity index (χ0v) is 32.7. The van der Waals surface area contributed by atoms with E-state index in [4.69, 9.17) is 19.1 Å². The smallest absolute Gasteiger partial charge is 0.407 e. The van der Waals surface area contributed by atoms with Crippen LogP contribution in [0.2, 0.25) is 0 Å². The van der Waals surface area contributed by atoms with Crippen molar-refractivity contribution in [1.29, 1.82) is 0 Å². The number of carbonyl (C=O) groups excluding carboxylic acids is 6. The molecule has 0 aliphatic heterocycles. The molecule has 2 aromatic rings. The number of amides is 4. The maximum absolute atomic E-state index is 13.0. The summed E-state index contributed by atoms with van der Waals surface area (Å²) in [5.41, 5.74) is -1.35. The Morgan fingerprint density at radius 1 is 0.554 bits per heavy atom. The molecule has 0 fully saturated rings. The minimum atomic E-state index is -1.20.